The normalized spacial score (nSPS) is 14.8. The predicted octanol–water partition coefficient (Wildman–Crippen LogP) is 7.84. The Kier molecular flexibility index (Phi) is 11.9. The van der Waals surface area contributed by atoms with Crippen LogP contribution in [0.3, 0.4) is 0 Å². The zero-order chi connectivity index (χ0) is 38.6. The van der Waals surface area contributed by atoms with Gasteiger partial charge in [0.1, 0.15) is 5.65 Å². The number of rotatable bonds is 14. The van der Waals surface area contributed by atoms with Gasteiger partial charge < -0.3 is 20.7 Å². The molecule has 4 heterocycles. The van der Waals surface area contributed by atoms with Gasteiger partial charge in [-0.15, -0.1) is 0 Å². The summed E-state index contributed by atoms with van der Waals surface area (Å²) in [5.74, 6) is -4.27. The molecule has 3 N–H and O–H groups in total. The molecule has 16 heteroatoms. The number of hydrogen-bond acceptors (Lipinski definition) is 7. The maximum atomic E-state index is 13.2. The monoisotopic (exact) mass is 788 g/mol. The summed E-state index contributed by atoms with van der Waals surface area (Å²) in [6.07, 6.45) is -3.19. The molecular weight excluding hydrogens is 754 g/mol. The highest BCUT2D eigenvalue weighted by atomic mass is 35.5. The summed E-state index contributed by atoms with van der Waals surface area (Å²) in [5, 5.41) is 9.86. The molecule has 1 atom stereocenters. The van der Waals surface area contributed by atoms with Gasteiger partial charge in [0.15, 0.2) is 0 Å². The fourth-order valence-corrected chi connectivity index (χ4v) is 6.91. The number of nitrogens with zero attached hydrogens (tertiary/aromatic N) is 3. The van der Waals surface area contributed by atoms with Crippen molar-refractivity contribution in [3.63, 3.8) is 0 Å². The van der Waals surface area contributed by atoms with Crippen LogP contribution in [0, 0.1) is 0 Å². The van der Waals surface area contributed by atoms with Crippen molar-refractivity contribution in [2.24, 2.45) is 0 Å². The number of nitrogens with one attached hydrogen (secondary N) is 3. The van der Waals surface area contributed by atoms with Gasteiger partial charge >= 0.3 is 12.1 Å². The Bertz CT molecular complexity index is 2230. The van der Waals surface area contributed by atoms with Gasteiger partial charge in [-0.1, -0.05) is 65.7 Å². The van der Waals surface area contributed by atoms with Crippen molar-refractivity contribution >= 4 is 34.8 Å². The lowest BCUT2D eigenvalue weighted by atomic mass is 9.97. The Morgan fingerprint density at radius 3 is 2.28 bits per heavy atom. The van der Waals surface area contributed by atoms with Crippen molar-refractivity contribution in [1.29, 1.82) is 0 Å². The minimum Gasteiger partial charge on any atom is -0.481 e. The Morgan fingerprint density at radius 1 is 0.907 bits per heavy atom. The molecule has 3 aromatic heterocycles. The van der Waals surface area contributed by atoms with Crippen molar-refractivity contribution in [3.8, 4) is 39.4 Å². The quantitative estimate of drug-likeness (QED) is 0.0778. The van der Waals surface area contributed by atoms with E-state index in [1.54, 1.807) is 19.2 Å². The number of methoxy groups -OCH3 is 1. The largest absolute Gasteiger partial charge is 0.481 e. The summed E-state index contributed by atoms with van der Waals surface area (Å²) in [7, 11) is 1.55. The first kappa shape index (κ1) is 39.1. The van der Waals surface area contributed by atoms with Crippen molar-refractivity contribution in [2.75, 3.05) is 20.2 Å². The lowest BCUT2D eigenvalue weighted by molar-refractivity contribution is -0.284. The zero-order valence-electron chi connectivity index (χ0n) is 28.9. The van der Waals surface area contributed by atoms with E-state index < -0.39 is 30.5 Å². The van der Waals surface area contributed by atoms with Crippen molar-refractivity contribution in [3.05, 3.63) is 105 Å². The lowest BCUT2D eigenvalue weighted by Gasteiger charge is -2.19. The number of halogens is 7. The molecule has 5 aromatic rings. The summed E-state index contributed by atoms with van der Waals surface area (Å²) >= 11 is 14.1. The average Bonchev–Trinajstić information content (AvgIpc) is 3.56. The van der Waals surface area contributed by atoms with Gasteiger partial charge in [-0.25, -0.2) is 9.97 Å². The number of aromatic nitrogens is 3. The number of benzene rings is 2. The van der Waals surface area contributed by atoms with E-state index in [9.17, 15) is 31.5 Å². The summed E-state index contributed by atoms with van der Waals surface area (Å²) in [5.41, 5.74) is 4.88. The van der Waals surface area contributed by atoms with Crippen LogP contribution >= 0.6 is 23.2 Å². The second kappa shape index (κ2) is 16.4. The van der Waals surface area contributed by atoms with Crippen LogP contribution in [0.25, 0.3) is 39.2 Å². The fraction of sp³-hybridized carbons (Fsp3) is 0.316. The first-order chi connectivity index (χ1) is 25.8. The van der Waals surface area contributed by atoms with Crippen molar-refractivity contribution in [2.45, 2.75) is 56.9 Å². The molecular formula is C38H35Cl2F5N6O3. The summed E-state index contributed by atoms with van der Waals surface area (Å²) in [4.78, 5) is 33.8. The molecule has 0 bridgehead atoms. The number of carbonyl (C=O) groups excluding carboxylic acids is 1. The van der Waals surface area contributed by atoms with Gasteiger partial charge in [0, 0.05) is 84.3 Å². The van der Waals surface area contributed by atoms with Gasteiger partial charge in [-0.3, -0.25) is 14.0 Å². The van der Waals surface area contributed by atoms with E-state index in [0.29, 0.717) is 74.6 Å². The highest BCUT2D eigenvalue weighted by Crippen LogP contribution is 2.43. The Morgan fingerprint density at radius 2 is 1.59 bits per heavy atom. The maximum absolute atomic E-state index is 13.2. The van der Waals surface area contributed by atoms with E-state index in [0.717, 1.165) is 12.0 Å². The maximum Gasteiger partial charge on any atom is 0.453 e. The molecule has 2 aromatic carbocycles. The van der Waals surface area contributed by atoms with Crippen molar-refractivity contribution < 1.29 is 31.5 Å². The second-order valence-electron chi connectivity index (χ2n) is 12.8. The van der Waals surface area contributed by atoms with Gasteiger partial charge in [0.2, 0.25) is 11.8 Å². The SMILES string of the molecule is COc1nc(-c2cccc(-c3cccc(-c4ccn5c(=O)c(CNCCCC(F)(F)C(F)(F)F)cnc5c4)c3Cl)c2Cl)ccc1CNC[C@@H]1CCC(=O)N1. The lowest BCUT2D eigenvalue weighted by Crippen LogP contribution is -2.37. The van der Waals surface area contributed by atoms with Crippen LogP contribution in [0.4, 0.5) is 22.0 Å². The van der Waals surface area contributed by atoms with E-state index in [4.69, 9.17) is 32.9 Å². The second-order valence-corrected chi connectivity index (χ2v) is 13.6. The molecule has 0 aliphatic carbocycles. The van der Waals surface area contributed by atoms with E-state index >= 15 is 0 Å². The summed E-state index contributed by atoms with van der Waals surface area (Å²) in [6, 6.07) is 18.4. The third kappa shape index (κ3) is 8.51. The number of hydrogen-bond donors (Lipinski definition) is 3. The van der Waals surface area contributed by atoms with E-state index in [1.165, 1.54) is 16.8 Å². The van der Waals surface area contributed by atoms with E-state index in [1.807, 2.05) is 48.5 Å². The summed E-state index contributed by atoms with van der Waals surface area (Å²) in [6.45, 7) is 0.924. The van der Waals surface area contributed by atoms with Gasteiger partial charge in [-0.2, -0.15) is 22.0 Å². The third-order valence-electron chi connectivity index (χ3n) is 9.15. The molecule has 0 spiro atoms. The molecule has 1 amide bonds. The Labute approximate surface area is 316 Å². The topological polar surface area (TPSA) is 110 Å². The van der Waals surface area contributed by atoms with Crippen molar-refractivity contribution in [1.82, 2.24) is 30.3 Å². The number of carbonyl (C=O) groups is 1. The molecule has 0 saturated carbocycles. The fourth-order valence-electron chi connectivity index (χ4n) is 6.24. The van der Waals surface area contributed by atoms with Crippen LogP contribution in [0.1, 0.15) is 36.8 Å². The Hall–Kier alpha value is -4.63. The molecule has 284 valence electrons. The molecule has 0 radical (unpaired) electrons. The highest BCUT2D eigenvalue weighted by Gasteiger charge is 2.56. The minimum atomic E-state index is -5.60. The molecule has 6 rings (SSSR count). The predicted molar refractivity (Wildman–Crippen MR) is 197 cm³/mol. The minimum absolute atomic E-state index is 0.0617. The first-order valence-electron chi connectivity index (χ1n) is 17.0. The number of pyridine rings is 2. The van der Waals surface area contributed by atoms with Crippen LogP contribution in [0.2, 0.25) is 10.0 Å². The molecule has 1 fully saturated rings. The van der Waals surface area contributed by atoms with Crippen LogP contribution in [-0.2, 0) is 17.9 Å². The van der Waals surface area contributed by atoms with Gasteiger partial charge in [0.05, 0.1) is 22.8 Å². The van der Waals surface area contributed by atoms with Gasteiger partial charge in [0.25, 0.3) is 5.56 Å². The molecule has 9 nitrogen and oxygen atoms in total. The number of fused-ring (bicyclic) bond motifs is 1. The van der Waals surface area contributed by atoms with Gasteiger partial charge in [-0.05, 0) is 43.1 Å². The number of alkyl halides is 5. The third-order valence-corrected chi connectivity index (χ3v) is 9.97. The molecule has 54 heavy (non-hydrogen) atoms. The van der Waals surface area contributed by atoms with Crippen LogP contribution in [-0.4, -0.2) is 58.6 Å². The number of ether oxygens (including phenoxy) is 1. The standard InChI is InChI=1S/C38H35Cl2F5N6O3/c1-54-35-23(18-47-21-25-10-12-32(52)49-25)9-11-30(50-35)29-8-3-7-28(34(29)40)27-6-2-5-26(33(27)39)22-13-16-51-31(17-22)48-20-24(36(51)53)19-46-15-4-14-37(41,42)38(43,44)45/h2-3,5-9,11,13,16-17,20,25,46-47H,4,10,12,14-15,18-19,21H2,1H3,(H,49,52)/t25-/m0/s1. The first-order valence-corrected chi connectivity index (χ1v) is 17.8. The van der Waals surface area contributed by atoms with E-state index in [2.05, 4.69) is 20.9 Å². The summed E-state index contributed by atoms with van der Waals surface area (Å²) < 4.78 is 70.5. The van der Waals surface area contributed by atoms with E-state index in [-0.39, 0.29) is 30.6 Å². The highest BCUT2D eigenvalue weighted by molar-refractivity contribution is 6.39. The molecule has 1 aliphatic rings. The zero-order valence-corrected chi connectivity index (χ0v) is 30.4. The molecule has 1 saturated heterocycles. The van der Waals surface area contributed by atoms with Crippen LogP contribution in [0.5, 0.6) is 5.88 Å². The van der Waals surface area contributed by atoms with Crippen LogP contribution in [0.15, 0.2) is 77.9 Å². The molecule has 1 aliphatic heterocycles. The Balaban J connectivity index is 1.18. The smallest absolute Gasteiger partial charge is 0.453 e. The number of amides is 1. The van der Waals surface area contributed by atoms with Crippen LogP contribution < -0.4 is 26.2 Å². The average molecular weight is 790 g/mol. The molecule has 0 unspecified atom stereocenters.